The van der Waals surface area contributed by atoms with Gasteiger partial charge in [0, 0.05) is 27.3 Å². The van der Waals surface area contributed by atoms with Crippen molar-refractivity contribution in [2.45, 2.75) is 13.8 Å². The predicted molar refractivity (Wildman–Crippen MR) is 59.4 cm³/mol. The van der Waals surface area contributed by atoms with Crippen molar-refractivity contribution in [1.29, 1.82) is 0 Å². The van der Waals surface area contributed by atoms with Crippen LogP contribution in [0.4, 0.5) is 0 Å². The van der Waals surface area contributed by atoms with Crippen LogP contribution >= 0.6 is 7.60 Å². The SMILES string of the molecule is CCN(CC)C(=O)C(=O)CP(=O)(OC)OC. The highest BCUT2D eigenvalue weighted by atomic mass is 31.2. The number of hydrogen-bond donors (Lipinski definition) is 0. The largest absolute Gasteiger partial charge is 0.338 e. The van der Waals surface area contributed by atoms with Gasteiger partial charge in [-0.2, -0.15) is 0 Å². The molecular formula is C9H18NO5P. The Kier molecular flexibility index (Phi) is 6.48. The predicted octanol–water partition coefficient (Wildman–Crippen LogP) is 0.910. The van der Waals surface area contributed by atoms with Crippen molar-refractivity contribution < 1.29 is 23.2 Å². The molecule has 1 amide bonds. The number of ketones is 1. The van der Waals surface area contributed by atoms with Crippen molar-refractivity contribution in [2.24, 2.45) is 0 Å². The lowest BCUT2D eigenvalue weighted by Crippen LogP contribution is -2.37. The van der Waals surface area contributed by atoms with E-state index in [1.165, 1.54) is 19.1 Å². The van der Waals surface area contributed by atoms with Gasteiger partial charge in [0.2, 0.25) is 5.78 Å². The van der Waals surface area contributed by atoms with E-state index in [4.69, 9.17) is 0 Å². The summed E-state index contributed by atoms with van der Waals surface area (Å²) in [4.78, 5) is 24.4. The van der Waals surface area contributed by atoms with Crippen molar-refractivity contribution in [2.75, 3.05) is 33.5 Å². The normalized spacial score (nSPS) is 11.2. The highest BCUT2D eigenvalue weighted by molar-refractivity contribution is 7.55. The van der Waals surface area contributed by atoms with E-state index < -0.39 is 25.4 Å². The van der Waals surface area contributed by atoms with Gasteiger partial charge in [0.25, 0.3) is 5.91 Å². The molecule has 0 aliphatic heterocycles. The van der Waals surface area contributed by atoms with Crippen molar-refractivity contribution in [3.63, 3.8) is 0 Å². The molecule has 0 aromatic heterocycles. The van der Waals surface area contributed by atoms with Crippen LogP contribution in [-0.2, 0) is 23.2 Å². The van der Waals surface area contributed by atoms with Crippen LogP contribution < -0.4 is 0 Å². The molecule has 0 saturated carbocycles. The smallest absolute Gasteiger partial charge is 0.337 e. The van der Waals surface area contributed by atoms with Crippen molar-refractivity contribution in [3.8, 4) is 0 Å². The quantitative estimate of drug-likeness (QED) is 0.496. The molecule has 0 bridgehead atoms. The van der Waals surface area contributed by atoms with E-state index in [9.17, 15) is 14.2 Å². The molecule has 94 valence electrons. The zero-order valence-corrected chi connectivity index (χ0v) is 11.0. The highest BCUT2D eigenvalue weighted by Crippen LogP contribution is 2.46. The number of carbonyl (C=O) groups is 2. The zero-order valence-electron chi connectivity index (χ0n) is 10.1. The molecule has 0 spiro atoms. The fourth-order valence-electron chi connectivity index (χ4n) is 1.13. The highest BCUT2D eigenvalue weighted by Gasteiger charge is 2.30. The minimum atomic E-state index is -3.45. The van der Waals surface area contributed by atoms with Crippen LogP contribution in [0.25, 0.3) is 0 Å². The van der Waals surface area contributed by atoms with Crippen LogP contribution in [-0.4, -0.2) is 50.1 Å². The van der Waals surface area contributed by atoms with Crippen LogP contribution in [0.15, 0.2) is 0 Å². The number of Topliss-reactive ketones (excluding diaryl/α,β-unsaturated/α-hetero) is 1. The Balaban J connectivity index is 4.58. The lowest BCUT2D eigenvalue weighted by molar-refractivity contribution is -0.143. The zero-order chi connectivity index (χ0) is 12.8. The molecule has 0 aliphatic carbocycles. The Hall–Kier alpha value is -0.710. The molecular weight excluding hydrogens is 233 g/mol. The first-order valence-corrected chi connectivity index (χ1v) is 6.69. The molecule has 0 N–H and O–H groups in total. The Morgan fingerprint density at radius 3 is 1.88 bits per heavy atom. The molecule has 0 atom stereocenters. The van der Waals surface area contributed by atoms with Crippen LogP contribution in [0.5, 0.6) is 0 Å². The van der Waals surface area contributed by atoms with Gasteiger partial charge >= 0.3 is 7.60 Å². The maximum Gasteiger partial charge on any atom is 0.338 e. The Bertz CT molecular complexity index is 292. The Morgan fingerprint density at radius 1 is 1.12 bits per heavy atom. The molecule has 0 heterocycles. The first kappa shape index (κ1) is 15.3. The van der Waals surface area contributed by atoms with Crippen molar-refractivity contribution in [3.05, 3.63) is 0 Å². The molecule has 7 heteroatoms. The standard InChI is InChI=1S/C9H18NO5P/c1-5-10(6-2)9(12)8(11)7-16(13,14-3)15-4/h5-7H2,1-4H3. The Morgan fingerprint density at radius 2 is 1.56 bits per heavy atom. The minimum absolute atomic E-state index is 0.436. The van der Waals surface area contributed by atoms with Gasteiger partial charge in [-0.25, -0.2) is 0 Å². The summed E-state index contributed by atoms with van der Waals surface area (Å²) in [7, 11) is -1.09. The van der Waals surface area contributed by atoms with Crippen LogP contribution in [0.1, 0.15) is 13.8 Å². The van der Waals surface area contributed by atoms with Crippen LogP contribution in [0.2, 0.25) is 0 Å². The van der Waals surface area contributed by atoms with E-state index in [0.29, 0.717) is 13.1 Å². The summed E-state index contributed by atoms with van der Waals surface area (Å²) in [5.41, 5.74) is 0. The minimum Gasteiger partial charge on any atom is -0.337 e. The van der Waals surface area contributed by atoms with E-state index >= 15 is 0 Å². The summed E-state index contributed by atoms with van der Waals surface area (Å²) in [5, 5.41) is 0. The number of amides is 1. The number of likely N-dealkylation sites (N-methyl/N-ethyl adjacent to an activating group) is 1. The average Bonchev–Trinajstić information content (AvgIpc) is 2.30. The summed E-state index contributed by atoms with van der Waals surface area (Å²) in [5.74, 6) is -1.41. The number of rotatable bonds is 7. The van der Waals surface area contributed by atoms with E-state index in [1.807, 2.05) is 0 Å². The third-order valence-corrected chi connectivity index (χ3v) is 3.97. The van der Waals surface area contributed by atoms with E-state index in [0.717, 1.165) is 0 Å². The summed E-state index contributed by atoms with van der Waals surface area (Å²) >= 11 is 0. The fourth-order valence-corrected chi connectivity index (χ4v) is 2.03. The van der Waals surface area contributed by atoms with Crippen LogP contribution in [0.3, 0.4) is 0 Å². The van der Waals surface area contributed by atoms with E-state index in [2.05, 4.69) is 9.05 Å². The van der Waals surface area contributed by atoms with Crippen molar-refractivity contribution >= 4 is 19.3 Å². The summed E-state index contributed by atoms with van der Waals surface area (Å²) in [6.45, 7) is 4.40. The first-order chi connectivity index (χ1) is 7.44. The Labute approximate surface area is 95.4 Å². The second kappa shape index (κ2) is 6.78. The number of carbonyl (C=O) groups excluding carboxylic acids is 2. The maximum absolute atomic E-state index is 11.6. The van der Waals surface area contributed by atoms with Crippen LogP contribution in [0, 0.1) is 0 Å². The first-order valence-electron chi connectivity index (χ1n) is 4.96. The van der Waals surface area contributed by atoms with Gasteiger partial charge in [-0.15, -0.1) is 0 Å². The van der Waals surface area contributed by atoms with Gasteiger partial charge < -0.3 is 13.9 Å². The summed E-state index contributed by atoms with van der Waals surface area (Å²) in [6.07, 6.45) is -0.519. The van der Waals surface area contributed by atoms with E-state index in [1.54, 1.807) is 13.8 Å². The second-order valence-electron chi connectivity index (χ2n) is 3.03. The monoisotopic (exact) mass is 251 g/mol. The third-order valence-electron chi connectivity index (χ3n) is 2.18. The van der Waals surface area contributed by atoms with Gasteiger partial charge in [0.15, 0.2) is 0 Å². The van der Waals surface area contributed by atoms with E-state index in [-0.39, 0.29) is 0 Å². The molecule has 0 aliphatic rings. The molecule has 0 unspecified atom stereocenters. The summed E-state index contributed by atoms with van der Waals surface area (Å²) in [6, 6.07) is 0. The molecule has 0 fully saturated rings. The summed E-state index contributed by atoms with van der Waals surface area (Å²) < 4.78 is 20.8. The van der Waals surface area contributed by atoms with Gasteiger partial charge in [0.05, 0.1) is 0 Å². The van der Waals surface area contributed by atoms with Gasteiger partial charge in [-0.3, -0.25) is 14.2 Å². The molecule has 16 heavy (non-hydrogen) atoms. The molecule has 0 saturated heterocycles. The lowest BCUT2D eigenvalue weighted by atomic mass is 10.3. The number of hydrogen-bond acceptors (Lipinski definition) is 5. The topological polar surface area (TPSA) is 72.9 Å². The average molecular weight is 251 g/mol. The molecule has 0 rings (SSSR count). The molecule has 0 aromatic rings. The second-order valence-corrected chi connectivity index (χ2v) is 5.30. The molecule has 0 radical (unpaired) electrons. The molecule has 0 aromatic carbocycles. The van der Waals surface area contributed by atoms with Crippen molar-refractivity contribution in [1.82, 2.24) is 4.90 Å². The van der Waals surface area contributed by atoms with Gasteiger partial charge in [-0.1, -0.05) is 0 Å². The van der Waals surface area contributed by atoms with Gasteiger partial charge in [-0.05, 0) is 13.8 Å². The fraction of sp³-hybridized carbons (Fsp3) is 0.778. The van der Waals surface area contributed by atoms with Gasteiger partial charge in [0.1, 0.15) is 6.16 Å². The molecule has 6 nitrogen and oxygen atoms in total. The third kappa shape index (κ3) is 4.04. The maximum atomic E-state index is 11.6. The number of nitrogens with zero attached hydrogens (tertiary/aromatic N) is 1. The lowest BCUT2D eigenvalue weighted by Gasteiger charge is -2.18.